The minimum absolute atomic E-state index is 0.365. The number of aliphatic hydroxyl groups is 3. The third-order valence-electron chi connectivity index (χ3n) is 5.34. The summed E-state index contributed by atoms with van der Waals surface area (Å²) >= 11 is 0. The van der Waals surface area contributed by atoms with Crippen LogP contribution in [0.3, 0.4) is 0 Å². The van der Waals surface area contributed by atoms with Crippen molar-refractivity contribution in [3.63, 3.8) is 0 Å². The quantitative estimate of drug-likeness (QED) is 0.200. The van der Waals surface area contributed by atoms with E-state index in [9.17, 15) is 15.3 Å². The molecule has 0 aliphatic heterocycles. The fraction of sp³-hybridized carbons (Fsp3) is 0.750. The normalized spacial score (nSPS) is 17.9. The Bertz CT molecular complexity index is 623. The lowest BCUT2D eigenvalue weighted by molar-refractivity contribution is 0.175. The predicted molar refractivity (Wildman–Crippen MR) is 120 cm³/mol. The van der Waals surface area contributed by atoms with Crippen LogP contribution in [-0.4, -0.2) is 58.6 Å². The van der Waals surface area contributed by atoms with Crippen LogP contribution in [0, 0.1) is 0 Å². The molecule has 1 aromatic rings. The van der Waals surface area contributed by atoms with Crippen molar-refractivity contribution in [2.24, 2.45) is 17.2 Å². The molecule has 30 heavy (non-hydrogen) atoms. The van der Waals surface area contributed by atoms with E-state index in [1.54, 1.807) is 6.20 Å². The molecule has 0 saturated heterocycles. The lowest BCUT2D eigenvalue weighted by Gasteiger charge is -2.27. The first kappa shape index (κ1) is 24.6. The number of nitrogens with two attached hydrogens (primary N) is 3. The monoisotopic (exact) mass is 425 g/mol. The van der Waals surface area contributed by atoms with Crippen LogP contribution in [-0.2, 0) is 0 Å². The van der Waals surface area contributed by atoms with Gasteiger partial charge in [-0.05, 0) is 12.8 Å². The Morgan fingerprint density at radius 1 is 0.800 bits per heavy atom. The van der Waals surface area contributed by atoms with Crippen LogP contribution in [0.2, 0.25) is 0 Å². The number of rotatable bonds is 13. The van der Waals surface area contributed by atoms with Gasteiger partial charge in [0.05, 0.1) is 29.0 Å². The van der Waals surface area contributed by atoms with E-state index in [4.69, 9.17) is 22.2 Å². The molecule has 0 spiro atoms. The maximum absolute atomic E-state index is 9.46. The van der Waals surface area contributed by atoms with Gasteiger partial charge in [-0.1, -0.05) is 19.3 Å². The number of aliphatic hydroxyl groups excluding tert-OH is 3. The molecule has 0 bridgehead atoms. The molecule has 172 valence electrons. The highest BCUT2D eigenvalue weighted by atomic mass is 16.3. The lowest BCUT2D eigenvalue weighted by atomic mass is 9.85. The number of nitrogens with one attached hydrogen (secondary N) is 3. The molecule has 1 saturated carbocycles. The van der Waals surface area contributed by atoms with Gasteiger partial charge in [0.25, 0.3) is 0 Å². The molecule has 1 aromatic heterocycles. The zero-order valence-corrected chi connectivity index (χ0v) is 17.7. The molecule has 3 atom stereocenters. The summed E-state index contributed by atoms with van der Waals surface area (Å²) in [5.41, 5.74) is 19.9. The molecule has 1 aliphatic rings. The number of pyridine rings is 1. The van der Waals surface area contributed by atoms with Gasteiger partial charge in [0.1, 0.15) is 18.7 Å². The van der Waals surface area contributed by atoms with E-state index < -0.39 is 18.7 Å². The summed E-state index contributed by atoms with van der Waals surface area (Å²) < 4.78 is 0. The number of hydrogen-bond donors (Lipinski definition) is 9. The zero-order chi connectivity index (χ0) is 21.9. The molecule has 3 unspecified atom stereocenters. The van der Waals surface area contributed by atoms with Gasteiger partial charge in [0.2, 0.25) is 0 Å². The van der Waals surface area contributed by atoms with E-state index in [-0.39, 0.29) is 0 Å². The smallest absolute Gasteiger partial charge is 0.104 e. The number of anilines is 3. The van der Waals surface area contributed by atoms with E-state index in [0.717, 1.165) is 35.6 Å². The third-order valence-corrected chi connectivity index (χ3v) is 5.34. The average molecular weight is 426 g/mol. The van der Waals surface area contributed by atoms with E-state index in [0.29, 0.717) is 44.8 Å². The van der Waals surface area contributed by atoms with Gasteiger partial charge in [-0.15, -0.1) is 0 Å². The molecule has 2 rings (SSSR count). The average Bonchev–Trinajstić information content (AvgIpc) is 2.69. The van der Waals surface area contributed by atoms with E-state index in [1.165, 1.54) is 19.3 Å². The molecular formula is C20H39N7O3. The Morgan fingerprint density at radius 2 is 1.30 bits per heavy atom. The molecule has 12 N–H and O–H groups in total. The summed E-state index contributed by atoms with van der Waals surface area (Å²) in [6, 6.07) is 0. The van der Waals surface area contributed by atoms with Gasteiger partial charge in [-0.3, -0.25) is 4.98 Å². The van der Waals surface area contributed by atoms with Crippen LogP contribution in [0.5, 0.6) is 0 Å². The van der Waals surface area contributed by atoms with Crippen molar-refractivity contribution in [2.75, 3.05) is 35.6 Å². The molecule has 1 aliphatic carbocycles. The molecular weight excluding hydrogens is 386 g/mol. The second-order valence-corrected chi connectivity index (χ2v) is 7.99. The van der Waals surface area contributed by atoms with E-state index in [1.807, 2.05) is 0 Å². The molecule has 1 fully saturated rings. The van der Waals surface area contributed by atoms with Crippen LogP contribution in [0.25, 0.3) is 0 Å². The summed E-state index contributed by atoms with van der Waals surface area (Å²) in [7, 11) is 0. The van der Waals surface area contributed by atoms with Crippen LogP contribution in [0.1, 0.15) is 63.0 Å². The van der Waals surface area contributed by atoms with Crippen LogP contribution >= 0.6 is 0 Å². The van der Waals surface area contributed by atoms with E-state index >= 15 is 0 Å². The Hall–Kier alpha value is -1.69. The van der Waals surface area contributed by atoms with Gasteiger partial charge < -0.3 is 48.5 Å². The summed E-state index contributed by atoms with van der Waals surface area (Å²) in [6.07, 6.45) is 6.12. The van der Waals surface area contributed by atoms with Crippen molar-refractivity contribution in [1.29, 1.82) is 0 Å². The zero-order valence-electron chi connectivity index (χ0n) is 17.7. The van der Waals surface area contributed by atoms with Crippen LogP contribution < -0.4 is 33.2 Å². The van der Waals surface area contributed by atoms with Crippen molar-refractivity contribution in [3.05, 3.63) is 11.9 Å². The van der Waals surface area contributed by atoms with Crippen LogP contribution in [0.15, 0.2) is 6.20 Å². The largest absolute Gasteiger partial charge is 0.382 e. The summed E-state index contributed by atoms with van der Waals surface area (Å²) in [5, 5.41) is 38.3. The Labute approximate surface area is 178 Å². The summed E-state index contributed by atoms with van der Waals surface area (Å²) in [6.45, 7) is 1.46. The van der Waals surface area contributed by atoms with Gasteiger partial charge in [0, 0.05) is 44.8 Å². The number of hydrogen-bond acceptors (Lipinski definition) is 10. The minimum Gasteiger partial charge on any atom is -0.382 e. The highest BCUT2D eigenvalue weighted by Gasteiger charge is 2.24. The van der Waals surface area contributed by atoms with Crippen LogP contribution in [0.4, 0.5) is 17.1 Å². The second-order valence-electron chi connectivity index (χ2n) is 7.99. The molecule has 0 radical (unpaired) electrons. The fourth-order valence-corrected chi connectivity index (χ4v) is 3.75. The maximum Gasteiger partial charge on any atom is 0.104 e. The maximum atomic E-state index is 9.46. The van der Waals surface area contributed by atoms with Gasteiger partial charge in [-0.2, -0.15) is 0 Å². The fourth-order valence-electron chi connectivity index (χ4n) is 3.75. The summed E-state index contributed by atoms with van der Waals surface area (Å²) in [5.74, 6) is 0.365. The highest BCUT2D eigenvalue weighted by molar-refractivity contribution is 5.84. The molecule has 0 aromatic carbocycles. The van der Waals surface area contributed by atoms with Crippen molar-refractivity contribution in [1.82, 2.24) is 4.98 Å². The standard InChI is InChI=1S/C20H39N7O3/c21-15(28)6-9-24-14-12-27-18(13-4-2-1-3-5-13)20(26-11-8-17(23)30)19(14)25-10-7-16(22)29/h12-13,15-17,24,26,28-30H,1-11,21-23H2,(H,25,27). The Morgan fingerprint density at radius 3 is 1.83 bits per heavy atom. The van der Waals surface area contributed by atoms with E-state index in [2.05, 4.69) is 16.0 Å². The number of aromatic nitrogens is 1. The van der Waals surface area contributed by atoms with Gasteiger partial charge in [-0.25, -0.2) is 0 Å². The minimum atomic E-state index is -0.898. The van der Waals surface area contributed by atoms with Gasteiger partial charge in [0.15, 0.2) is 0 Å². The first-order valence-corrected chi connectivity index (χ1v) is 10.9. The van der Waals surface area contributed by atoms with Crippen molar-refractivity contribution >= 4 is 17.1 Å². The van der Waals surface area contributed by atoms with Crippen molar-refractivity contribution in [3.8, 4) is 0 Å². The molecule has 0 amide bonds. The first-order chi connectivity index (χ1) is 14.4. The predicted octanol–water partition coefficient (Wildman–Crippen LogP) is 0.367. The number of nitrogens with zero attached hydrogens (tertiary/aromatic N) is 1. The highest BCUT2D eigenvalue weighted by Crippen LogP contribution is 2.41. The summed E-state index contributed by atoms with van der Waals surface area (Å²) in [4.78, 5) is 4.78. The molecule has 1 heterocycles. The lowest BCUT2D eigenvalue weighted by Crippen LogP contribution is -2.25. The SMILES string of the molecule is NC(O)CCNc1cnc(C2CCCCC2)c(NCCC(N)O)c1NCCC(N)O. The van der Waals surface area contributed by atoms with Gasteiger partial charge >= 0.3 is 0 Å². The molecule has 10 heteroatoms. The topological polar surface area (TPSA) is 188 Å². The van der Waals surface area contributed by atoms with Crippen molar-refractivity contribution in [2.45, 2.75) is 76.0 Å². The first-order valence-electron chi connectivity index (χ1n) is 10.9. The second kappa shape index (κ2) is 12.9. The Kier molecular flexibility index (Phi) is 10.6. The Balaban J connectivity index is 2.32. The van der Waals surface area contributed by atoms with Crippen molar-refractivity contribution < 1.29 is 15.3 Å². The third kappa shape index (κ3) is 8.21. The molecule has 10 nitrogen and oxygen atoms in total.